The van der Waals surface area contributed by atoms with Gasteiger partial charge in [-0.25, -0.2) is 4.79 Å². The highest BCUT2D eigenvalue weighted by Gasteiger charge is 2.50. The van der Waals surface area contributed by atoms with Crippen LogP contribution in [0.4, 0.5) is 23.7 Å². The van der Waals surface area contributed by atoms with Crippen LogP contribution >= 0.6 is 0 Å². The quantitative estimate of drug-likeness (QED) is 0.577. The van der Waals surface area contributed by atoms with Crippen LogP contribution in [0.2, 0.25) is 0 Å². The zero-order chi connectivity index (χ0) is 25.1. The SMILES string of the molecule is C[C@H]1[C@H](NS(=O)(=O)N2CCN(c3ccc(C(F)(F)F)cc3)CC2)[C@H]1c1ccccc1.O=C(O)O. The minimum Gasteiger partial charge on any atom is -0.450 e. The summed E-state index contributed by atoms with van der Waals surface area (Å²) in [6.45, 7) is 3.46. The molecule has 3 N–H and O–H groups in total. The van der Waals surface area contributed by atoms with Crippen LogP contribution in [0.1, 0.15) is 24.0 Å². The summed E-state index contributed by atoms with van der Waals surface area (Å²) in [5.74, 6) is 0.407. The van der Waals surface area contributed by atoms with Gasteiger partial charge in [-0.15, -0.1) is 0 Å². The van der Waals surface area contributed by atoms with E-state index in [1.165, 1.54) is 16.4 Å². The Balaban J connectivity index is 0.000000751. The third-order valence-electron chi connectivity index (χ3n) is 5.99. The number of nitrogens with one attached hydrogen (secondary N) is 1. The molecule has 12 heteroatoms. The van der Waals surface area contributed by atoms with E-state index in [-0.39, 0.29) is 31.0 Å². The van der Waals surface area contributed by atoms with Crippen molar-refractivity contribution in [1.29, 1.82) is 0 Å². The van der Waals surface area contributed by atoms with Crippen LogP contribution in [0.5, 0.6) is 0 Å². The van der Waals surface area contributed by atoms with E-state index < -0.39 is 28.1 Å². The smallest absolute Gasteiger partial charge is 0.450 e. The molecule has 186 valence electrons. The summed E-state index contributed by atoms with van der Waals surface area (Å²) >= 11 is 0. The number of anilines is 1. The van der Waals surface area contributed by atoms with Crippen molar-refractivity contribution in [3.8, 4) is 0 Å². The van der Waals surface area contributed by atoms with Gasteiger partial charge in [0.25, 0.3) is 10.2 Å². The Morgan fingerprint density at radius 2 is 1.50 bits per heavy atom. The number of hydrogen-bond donors (Lipinski definition) is 3. The molecule has 4 rings (SSSR count). The molecular weight excluding hydrogens is 475 g/mol. The molecule has 1 aliphatic carbocycles. The third-order valence-corrected chi connectivity index (χ3v) is 7.60. The van der Waals surface area contributed by atoms with Crippen LogP contribution in [0, 0.1) is 5.92 Å². The largest absolute Gasteiger partial charge is 0.503 e. The van der Waals surface area contributed by atoms with E-state index in [4.69, 9.17) is 15.0 Å². The predicted molar refractivity (Wildman–Crippen MR) is 120 cm³/mol. The zero-order valence-electron chi connectivity index (χ0n) is 18.3. The number of carbonyl (C=O) groups is 1. The molecule has 0 unspecified atom stereocenters. The predicted octanol–water partition coefficient (Wildman–Crippen LogP) is 3.69. The Labute approximate surface area is 195 Å². The number of benzene rings is 2. The second-order valence-electron chi connectivity index (χ2n) is 8.16. The van der Waals surface area contributed by atoms with Crippen LogP contribution in [0.25, 0.3) is 0 Å². The van der Waals surface area contributed by atoms with Crippen molar-refractivity contribution in [2.45, 2.75) is 25.1 Å². The maximum Gasteiger partial charge on any atom is 0.503 e. The second kappa shape index (κ2) is 10.2. The third kappa shape index (κ3) is 6.39. The average Bonchev–Trinajstić information content (AvgIpc) is 3.41. The highest BCUT2D eigenvalue weighted by Crippen LogP contribution is 2.47. The molecule has 2 fully saturated rings. The van der Waals surface area contributed by atoms with Crippen molar-refractivity contribution in [3.63, 3.8) is 0 Å². The molecule has 0 spiro atoms. The zero-order valence-corrected chi connectivity index (χ0v) is 19.1. The van der Waals surface area contributed by atoms with E-state index in [9.17, 15) is 21.6 Å². The molecule has 0 bridgehead atoms. The van der Waals surface area contributed by atoms with Gasteiger partial charge in [-0.2, -0.15) is 30.6 Å². The molecule has 0 aromatic heterocycles. The average molecular weight is 502 g/mol. The van der Waals surface area contributed by atoms with E-state index >= 15 is 0 Å². The summed E-state index contributed by atoms with van der Waals surface area (Å²) < 4.78 is 68.1. The highest BCUT2D eigenvalue weighted by atomic mass is 32.2. The lowest BCUT2D eigenvalue weighted by Gasteiger charge is -2.35. The molecule has 34 heavy (non-hydrogen) atoms. The van der Waals surface area contributed by atoms with Gasteiger partial charge < -0.3 is 15.1 Å². The Kier molecular flexibility index (Phi) is 7.74. The number of rotatable bonds is 5. The van der Waals surface area contributed by atoms with Crippen molar-refractivity contribution < 1.29 is 36.6 Å². The normalized spacial score (nSPS) is 23.1. The standard InChI is InChI=1S/C21H24F3N3O2S.CH2O3/c1-15-19(16-5-3-2-4-6-16)20(15)25-30(28,29)27-13-11-26(12-14-27)18-9-7-17(8-10-18)21(22,23)24;2-1(3)4/h2-10,15,19-20,25H,11-14H2,1H3;(H2,2,3,4)/t15-,19-,20+;/m1./s1. The van der Waals surface area contributed by atoms with Crippen molar-refractivity contribution in [2.75, 3.05) is 31.1 Å². The topological polar surface area (TPSA) is 110 Å². The van der Waals surface area contributed by atoms with Crippen LogP contribution in [0.15, 0.2) is 54.6 Å². The Bertz CT molecular complexity index is 1070. The summed E-state index contributed by atoms with van der Waals surface area (Å²) in [6.07, 6.45) is -6.20. The second-order valence-corrected chi connectivity index (χ2v) is 9.86. The number of carboxylic acid groups (broad SMARTS) is 2. The number of alkyl halides is 3. The molecule has 0 amide bonds. The Hall–Kier alpha value is -2.83. The minimum absolute atomic E-state index is 0.120. The van der Waals surface area contributed by atoms with Crippen LogP contribution < -0.4 is 9.62 Å². The van der Waals surface area contributed by atoms with Gasteiger partial charge in [0.05, 0.1) is 5.56 Å². The van der Waals surface area contributed by atoms with E-state index in [1.54, 1.807) is 0 Å². The van der Waals surface area contributed by atoms with Gasteiger partial charge in [0, 0.05) is 43.8 Å². The van der Waals surface area contributed by atoms with Gasteiger partial charge in [0.1, 0.15) is 0 Å². The van der Waals surface area contributed by atoms with Gasteiger partial charge in [0.15, 0.2) is 0 Å². The highest BCUT2D eigenvalue weighted by molar-refractivity contribution is 7.87. The fourth-order valence-electron chi connectivity index (χ4n) is 4.12. The fraction of sp³-hybridized carbons (Fsp3) is 0.409. The van der Waals surface area contributed by atoms with Crippen molar-refractivity contribution in [3.05, 3.63) is 65.7 Å². The van der Waals surface area contributed by atoms with Gasteiger partial charge in [0.2, 0.25) is 0 Å². The lowest BCUT2D eigenvalue weighted by molar-refractivity contribution is -0.137. The number of hydrogen-bond acceptors (Lipinski definition) is 4. The van der Waals surface area contributed by atoms with Crippen LogP contribution in [-0.4, -0.2) is 61.3 Å². The summed E-state index contributed by atoms with van der Waals surface area (Å²) in [6, 6.07) is 14.7. The molecule has 1 saturated heterocycles. The lowest BCUT2D eigenvalue weighted by atomic mass is 10.1. The monoisotopic (exact) mass is 501 g/mol. The Morgan fingerprint density at radius 1 is 0.971 bits per heavy atom. The molecule has 0 radical (unpaired) electrons. The summed E-state index contributed by atoms with van der Waals surface area (Å²) in [5.41, 5.74) is 1.10. The van der Waals surface area contributed by atoms with Crippen molar-refractivity contribution in [1.82, 2.24) is 9.03 Å². The molecular formula is C22H26F3N3O5S. The number of piperazine rings is 1. The first-order valence-electron chi connectivity index (χ1n) is 10.6. The fourth-order valence-corrected chi connectivity index (χ4v) is 5.62. The molecule has 1 saturated carbocycles. The van der Waals surface area contributed by atoms with E-state index in [0.717, 1.165) is 17.7 Å². The minimum atomic E-state index is -4.37. The molecule has 1 heterocycles. The van der Waals surface area contributed by atoms with Gasteiger partial charge in [-0.05, 0) is 35.7 Å². The Morgan fingerprint density at radius 3 is 2.00 bits per heavy atom. The molecule has 3 atom stereocenters. The van der Waals surface area contributed by atoms with E-state index in [0.29, 0.717) is 18.8 Å². The molecule has 1 aliphatic heterocycles. The molecule has 8 nitrogen and oxygen atoms in total. The lowest BCUT2D eigenvalue weighted by Crippen LogP contribution is -2.52. The van der Waals surface area contributed by atoms with Crippen molar-refractivity contribution in [2.24, 2.45) is 5.92 Å². The summed E-state index contributed by atoms with van der Waals surface area (Å²) in [5, 5.41) is 13.9. The summed E-state index contributed by atoms with van der Waals surface area (Å²) in [4.78, 5) is 10.5. The summed E-state index contributed by atoms with van der Waals surface area (Å²) in [7, 11) is -3.62. The maximum absolute atomic E-state index is 12.8. The van der Waals surface area contributed by atoms with Gasteiger partial charge in [-0.1, -0.05) is 37.3 Å². The first-order valence-corrected chi connectivity index (χ1v) is 12.0. The van der Waals surface area contributed by atoms with E-state index in [1.807, 2.05) is 42.2 Å². The first kappa shape index (κ1) is 25.8. The number of nitrogens with zero attached hydrogens (tertiary/aromatic N) is 2. The molecule has 2 aromatic carbocycles. The van der Waals surface area contributed by atoms with E-state index in [2.05, 4.69) is 4.72 Å². The first-order chi connectivity index (χ1) is 15.9. The number of halogens is 3. The van der Waals surface area contributed by atoms with Gasteiger partial charge in [-0.3, -0.25) is 0 Å². The maximum atomic E-state index is 12.8. The van der Waals surface area contributed by atoms with Crippen LogP contribution in [0.3, 0.4) is 0 Å². The molecule has 2 aromatic rings. The van der Waals surface area contributed by atoms with Crippen molar-refractivity contribution >= 4 is 22.1 Å². The molecule has 2 aliphatic rings. The van der Waals surface area contributed by atoms with Gasteiger partial charge >= 0.3 is 12.3 Å². The van der Waals surface area contributed by atoms with Crippen LogP contribution in [-0.2, 0) is 16.4 Å².